The summed E-state index contributed by atoms with van der Waals surface area (Å²) in [7, 11) is -9.68. The van der Waals surface area contributed by atoms with Crippen LogP contribution in [-0.2, 0) is 22.9 Å². The summed E-state index contributed by atoms with van der Waals surface area (Å²) in [6.07, 6.45) is -7.18. The zero-order chi connectivity index (χ0) is 30.8. The van der Waals surface area contributed by atoms with E-state index < -0.39 is 71.8 Å². The maximum Gasteiger partial charge on any atom is 0.472 e. The van der Waals surface area contributed by atoms with Crippen LogP contribution in [0, 0.1) is 0 Å². The molecule has 230 valence electrons. The third kappa shape index (κ3) is 7.42. The quantitative estimate of drug-likeness (QED) is 0.100. The fourth-order valence-corrected chi connectivity index (χ4v) is 4.57. The van der Waals surface area contributed by atoms with Crippen LogP contribution in [0.3, 0.4) is 0 Å². The number of ether oxygens (including phenoxy) is 3. The lowest BCUT2D eigenvalue weighted by atomic mass is 9.89. The molecule has 42 heavy (non-hydrogen) atoms. The van der Waals surface area contributed by atoms with Crippen molar-refractivity contribution in [3.63, 3.8) is 0 Å². The average Bonchev–Trinajstić information content (AvgIpc) is 2.91. The lowest BCUT2D eigenvalue weighted by molar-refractivity contribution is -0.231. The second-order valence-electron chi connectivity index (χ2n) is 8.87. The van der Waals surface area contributed by atoms with Gasteiger partial charge in [0.15, 0.2) is 13.6 Å². The topological polar surface area (TPSA) is 272 Å². The molecule has 17 nitrogen and oxygen atoms in total. The van der Waals surface area contributed by atoms with Crippen LogP contribution in [-0.4, -0.2) is 84.6 Å². The van der Waals surface area contributed by atoms with E-state index >= 15 is 0 Å². The molecule has 5 atom stereocenters. The predicted octanol–water partition coefficient (Wildman–Crippen LogP) is -0.134. The first-order valence-electron chi connectivity index (χ1n) is 11.9. The van der Waals surface area contributed by atoms with E-state index in [0.29, 0.717) is 5.56 Å². The van der Waals surface area contributed by atoms with E-state index in [-0.39, 0.29) is 33.6 Å². The van der Waals surface area contributed by atoms with E-state index in [2.05, 4.69) is 9.05 Å². The molecule has 0 unspecified atom stereocenters. The summed E-state index contributed by atoms with van der Waals surface area (Å²) >= 11 is 0. The second-order valence-corrected chi connectivity index (χ2v) is 11.3. The van der Waals surface area contributed by atoms with Gasteiger partial charge in [-0.3, -0.25) is 4.79 Å². The minimum Gasteiger partial charge on any atom is -0.467 e. The van der Waals surface area contributed by atoms with E-state index in [9.17, 15) is 34.4 Å². The van der Waals surface area contributed by atoms with Crippen molar-refractivity contribution in [2.75, 3.05) is 20.2 Å². The zero-order valence-electron chi connectivity index (χ0n) is 21.2. The largest absolute Gasteiger partial charge is 0.472 e. The van der Waals surface area contributed by atoms with Crippen molar-refractivity contribution in [3.05, 3.63) is 58.4 Å². The fourth-order valence-electron chi connectivity index (χ4n) is 4.19. The molecule has 0 amide bonds. The van der Waals surface area contributed by atoms with Gasteiger partial charge in [0.2, 0.25) is 5.43 Å². The molecule has 4 rings (SSSR count). The predicted molar refractivity (Wildman–Crippen MR) is 138 cm³/mol. The molecule has 19 heteroatoms. The third-order valence-corrected chi connectivity index (χ3v) is 7.05. The Hall–Kier alpha value is -2.73. The van der Waals surface area contributed by atoms with Gasteiger partial charge in [0, 0.05) is 0 Å². The van der Waals surface area contributed by atoms with Gasteiger partial charge in [0.25, 0.3) is 0 Å². The number of phosphoric ester groups is 2. The number of fused-ring (bicyclic) bond motifs is 1. The highest BCUT2D eigenvalue weighted by Crippen LogP contribution is 2.42. The van der Waals surface area contributed by atoms with E-state index in [4.69, 9.17) is 38.2 Å². The van der Waals surface area contributed by atoms with Gasteiger partial charge < -0.3 is 58.6 Å². The van der Waals surface area contributed by atoms with Gasteiger partial charge in [-0.05, 0) is 29.8 Å². The molecule has 2 aromatic carbocycles. The normalized spacial score (nSPS) is 23.2. The SMILES string of the molecule is O=c1c(-c2ccc(OCOP(=O)(O)O)cc2)coc2c([C@@H]3O[C@H](CO)[C@@H](O)[C@H](O)[C@H]3O)c(OCOP(=O)(O)O)ccc12. The van der Waals surface area contributed by atoms with Crippen LogP contribution in [0.25, 0.3) is 22.1 Å². The lowest BCUT2D eigenvalue weighted by Crippen LogP contribution is -2.55. The first-order chi connectivity index (χ1) is 19.7. The van der Waals surface area contributed by atoms with Crippen molar-refractivity contribution in [1.29, 1.82) is 0 Å². The summed E-state index contributed by atoms with van der Waals surface area (Å²) in [6, 6.07) is 8.20. The Balaban J connectivity index is 1.74. The molecule has 1 aromatic heterocycles. The van der Waals surface area contributed by atoms with Gasteiger partial charge in [-0.2, -0.15) is 0 Å². The number of benzene rings is 2. The maximum absolute atomic E-state index is 13.5. The van der Waals surface area contributed by atoms with Gasteiger partial charge >= 0.3 is 15.6 Å². The minimum atomic E-state index is -4.94. The molecular weight excluding hydrogens is 610 g/mol. The Morgan fingerprint density at radius 2 is 1.43 bits per heavy atom. The highest BCUT2D eigenvalue weighted by atomic mass is 31.2. The van der Waals surface area contributed by atoms with Crippen LogP contribution in [0.2, 0.25) is 0 Å². The van der Waals surface area contributed by atoms with E-state index in [1.54, 1.807) is 0 Å². The molecule has 0 spiro atoms. The maximum atomic E-state index is 13.5. The van der Waals surface area contributed by atoms with Gasteiger partial charge in [-0.1, -0.05) is 12.1 Å². The number of hydrogen-bond donors (Lipinski definition) is 8. The van der Waals surface area contributed by atoms with E-state index in [1.165, 1.54) is 36.4 Å². The first-order valence-corrected chi connectivity index (χ1v) is 14.9. The summed E-state index contributed by atoms with van der Waals surface area (Å²) in [5.74, 6) is -0.0585. The third-order valence-electron chi connectivity index (χ3n) is 6.16. The van der Waals surface area contributed by atoms with E-state index in [0.717, 1.165) is 6.26 Å². The Morgan fingerprint density at radius 3 is 2.02 bits per heavy atom. The van der Waals surface area contributed by atoms with E-state index in [1.807, 2.05) is 0 Å². The summed E-state index contributed by atoms with van der Waals surface area (Å²) in [5.41, 5.74) is -0.580. The van der Waals surface area contributed by atoms with Crippen molar-refractivity contribution in [1.82, 2.24) is 0 Å². The van der Waals surface area contributed by atoms with Gasteiger partial charge in [-0.15, -0.1) is 0 Å². The number of aliphatic hydroxyl groups is 4. The smallest absolute Gasteiger partial charge is 0.467 e. The van der Waals surface area contributed by atoms with Crippen LogP contribution < -0.4 is 14.9 Å². The molecule has 8 N–H and O–H groups in total. The molecular formula is C23H26O17P2. The van der Waals surface area contributed by atoms with Crippen molar-refractivity contribution in [3.8, 4) is 22.6 Å². The monoisotopic (exact) mass is 636 g/mol. The van der Waals surface area contributed by atoms with Crippen LogP contribution in [0.5, 0.6) is 11.5 Å². The molecule has 1 saturated heterocycles. The molecule has 1 aliphatic heterocycles. The van der Waals surface area contributed by atoms with Crippen molar-refractivity contribution in [2.45, 2.75) is 30.5 Å². The first kappa shape index (κ1) is 32.2. The summed E-state index contributed by atoms with van der Waals surface area (Å²) in [6.45, 7) is -2.47. The Labute approximate surface area is 235 Å². The van der Waals surface area contributed by atoms with Crippen LogP contribution in [0.4, 0.5) is 0 Å². The van der Waals surface area contributed by atoms with Gasteiger partial charge in [0.05, 0.1) is 23.1 Å². The van der Waals surface area contributed by atoms with Gasteiger partial charge in [-0.25, -0.2) is 18.2 Å². The second kappa shape index (κ2) is 12.9. The zero-order valence-corrected chi connectivity index (χ0v) is 23.0. The molecule has 1 fully saturated rings. The number of rotatable bonds is 11. The molecule has 3 aromatic rings. The van der Waals surface area contributed by atoms with Crippen molar-refractivity contribution in [2.24, 2.45) is 0 Å². The number of aliphatic hydroxyl groups excluding tert-OH is 4. The van der Waals surface area contributed by atoms with Crippen LogP contribution in [0.1, 0.15) is 11.7 Å². The fraction of sp³-hybridized carbons (Fsp3) is 0.348. The molecule has 0 bridgehead atoms. The lowest BCUT2D eigenvalue weighted by Gasteiger charge is -2.40. The average molecular weight is 636 g/mol. The standard InChI is InChI=1S/C23H26O17P2/c24-7-16-19(26)20(27)21(28)23(40-16)17-15(37-10-39-42(32,33)34)6-5-13-18(25)14(8-35-22(13)17)11-1-3-12(4-2-11)36-9-38-41(29,30)31/h1-6,8,16,19-21,23-24,26-28H,7,9-10H2,(H2,29,30,31)(H2,32,33,34)/t16-,19-,20+,21-,23+/m1/s1. The molecule has 0 saturated carbocycles. The van der Waals surface area contributed by atoms with Gasteiger partial charge in [0.1, 0.15) is 53.9 Å². The van der Waals surface area contributed by atoms with Crippen molar-refractivity contribution >= 4 is 26.6 Å². The molecule has 2 heterocycles. The Bertz CT molecular complexity index is 1540. The summed E-state index contributed by atoms with van der Waals surface area (Å²) in [4.78, 5) is 48.9. The minimum absolute atomic E-state index is 0.0544. The Morgan fingerprint density at radius 1 is 0.810 bits per heavy atom. The highest BCUT2D eigenvalue weighted by molar-refractivity contribution is 7.46. The number of phosphoric acid groups is 2. The van der Waals surface area contributed by atoms with Crippen LogP contribution in [0.15, 0.2) is 51.9 Å². The Kier molecular flexibility index (Phi) is 9.86. The van der Waals surface area contributed by atoms with Crippen LogP contribution >= 0.6 is 15.6 Å². The summed E-state index contributed by atoms with van der Waals surface area (Å²) in [5, 5.41) is 40.8. The number of hydrogen-bond acceptors (Lipinski definition) is 13. The summed E-state index contributed by atoms with van der Waals surface area (Å²) < 4.78 is 52.2. The molecule has 0 radical (unpaired) electrons. The molecule has 0 aliphatic carbocycles. The van der Waals surface area contributed by atoms with Crippen molar-refractivity contribution < 1.29 is 76.8 Å². The molecule has 1 aliphatic rings. The highest BCUT2D eigenvalue weighted by Gasteiger charge is 2.46.